The third kappa shape index (κ3) is 3.76. The van der Waals surface area contributed by atoms with Gasteiger partial charge in [-0.05, 0) is 31.5 Å². The van der Waals surface area contributed by atoms with E-state index >= 15 is 0 Å². The molecule has 1 aromatic rings. The van der Waals surface area contributed by atoms with Crippen LogP contribution in [-0.2, 0) is 14.3 Å². The summed E-state index contributed by atoms with van der Waals surface area (Å²) in [6.07, 6.45) is 4.60. The average molecular weight is 326 g/mol. The van der Waals surface area contributed by atoms with Crippen LogP contribution in [0.5, 0.6) is 0 Å². The van der Waals surface area contributed by atoms with Crippen molar-refractivity contribution >= 4 is 23.2 Å². The number of amides is 1. The summed E-state index contributed by atoms with van der Waals surface area (Å²) in [5.41, 5.74) is 0.538. The third-order valence-electron chi connectivity index (χ3n) is 4.01. The van der Waals surface area contributed by atoms with Crippen molar-refractivity contribution in [2.45, 2.75) is 31.6 Å². The van der Waals surface area contributed by atoms with E-state index in [0.29, 0.717) is 30.6 Å². The molecule has 2 saturated heterocycles. The first kappa shape index (κ1) is 15.7. The van der Waals surface area contributed by atoms with E-state index in [-0.39, 0.29) is 18.2 Å². The maximum atomic E-state index is 12.3. The number of nitrogens with one attached hydrogen (secondary N) is 1. The highest BCUT2D eigenvalue weighted by Crippen LogP contribution is 2.24. The van der Waals surface area contributed by atoms with Crippen LogP contribution in [0.1, 0.15) is 19.3 Å². The summed E-state index contributed by atoms with van der Waals surface area (Å²) in [5, 5.41) is 3.11. The van der Waals surface area contributed by atoms with E-state index in [0.717, 1.165) is 25.8 Å². The molecular formula is C15H20ClN3O3. The normalized spacial score (nSPS) is 23.6. The zero-order valence-corrected chi connectivity index (χ0v) is 13.1. The Kier molecular flexibility index (Phi) is 5.25. The SMILES string of the molecule is O=C(CN1CCCCC1C1OCCO1)Nc1cccnc1Cl. The van der Waals surface area contributed by atoms with Crippen molar-refractivity contribution in [3.8, 4) is 0 Å². The fraction of sp³-hybridized carbons (Fsp3) is 0.600. The monoisotopic (exact) mass is 325 g/mol. The van der Waals surface area contributed by atoms with Gasteiger partial charge >= 0.3 is 0 Å². The number of anilines is 1. The topological polar surface area (TPSA) is 63.7 Å². The van der Waals surface area contributed by atoms with Crippen molar-refractivity contribution in [2.75, 3.05) is 31.6 Å². The van der Waals surface area contributed by atoms with Gasteiger partial charge in [0.2, 0.25) is 5.91 Å². The van der Waals surface area contributed by atoms with Crippen molar-refractivity contribution in [1.29, 1.82) is 0 Å². The molecule has 0 spiro atoms. The number of ether oxygens (including phenoxy) is 2. The molecule has 0 radical (unpaired) electrons. The van der Waals surface area contributed by atoms with Gasteiger partial charge in [0, 0.05) is 6.20 Å². The highest BCUT2D eigenvalue weighted by Gasteiger charge is 2.34. The number of rotatable bonds is 4. The third-order valence-corrected chi connectivity index (χ3v) is 4.31. The molecule has 2 fully saturated rings. The van der Waals surface area contributed by atoms with Crippen molar-refractivity contribution in [3.05, 3.63) is 23.5 Å². The summed E-state index contributed by atoms with van der Waals surface area (Å²) in [7, 11) is 0. The van der Waals surface area contributed by atoms with Crippen molar-refractivity contribution in [2.24, 2.45) is 0 Å². The van der Waals surface area contributed by atoms with E-state index in [2.05, 4.69) is 15.2 Å². The Morgan fingerprint density at radius 1 is 1.41 bits per heavy atom. The minimum absolute atomic E-state index is 0.0974. The molecule has 7 heteroatoms. The Hall–Kier alpha value is -1.21. The van der Waals surface area contributed by atoms with Gasteiger partial charge in [-0.3, -0.25) is 9.69 Å². The first-order valence-corrected chi connectivity index (χ1v) is 7.99. The van der Waals surface area contributed by atoms with Crippen LogP contribution in [0.3, 0.4) is 0 Å². The van der Waals surface area contributed by atoms with Gasteiger partial charge in [0.1, 0.15) is 0 Å². The Labute approximate surface area is 134 Å². The maximum absolute atomic E-state index is 12.3. The van der Waals surface area contributed by atoms with Crippen LogP contribution in [0, 0.1) is 0 Å². The van der Waals surface area contributed by atoms with Crippen LogP contribution in [0.15, 0.2) is 18.3 Å². The Morgan fingerprint density at radius 2 is 2.23 bits per heavy atom. The van der Waals surface area contributed by atoms with Crippen molar-refractivity contribution in [3.63, 3.8) is 0 Å². The molecule has 0 aromatic carbocycles. The van der Waals surface area contributed by atoms with Gasteiger partial charge in [-0.25, -0.2) is 4.98 Å². The second-order valence-corrected chi connectivity index (χ2v) is 5.89. The molecule has 1 atom stereocenters. The summed E-state index contributed by atoms with van der Waals surface area (Å²) in [5.74, 6) is -0.0974. The standard InChI is InChI=1S/C15H20ClN3O3/c16-14-11(4-3-6-17-14)18-13(20)10-19-7-2-1-5-12(19)15-21-8-9-22-15/h3-4,6,12,15H,1-2,5,7-10H2,(H,18,20). The molecule has 6 nitrogen and oxygen atoms in total. The van der Waals surface area contributed by atoms with Crippen LogP contribution in [0.25, 0.3) is 0 Å². The van der Waals surface area contributed by atoms with Gasteiger partial charge in [0.25, 0.3) is 0 Å². The van der Waals surface area contributed by atoms with E-state index in [4.69, 9.17) is 21.1 Å². The molecule has 0 aliphatic carbocycles. The van der Waals surface area contributed by atoms with E-state index < -0.39 is 0 Å². The van der Waals surface area contributed by atoms with Crippen LogP contribution in [-0.4, -0.2) is 54.4 Å². The van der Waals surface area contributed by atoms with Crippen LogP contribution < -0.4 is 5.32 Å². The lowest BCUT2D eigenvalue weighted by Crippen LogP contribution is -2.50. The van der Waals surface area contributed by atoms with Gasteiger partial charge in [-0.1, -0.05) is 18.0 Å². The molecule has 3 heterocycles. The number of nitrogens with zero attached hydrogens (tertiary/aromatic N) is 2. The maximum Gasteiger partial charge on any atom is 0.238 e. The number of halogens is 1. The van der Waals surface area contributed by atoms with E-state index in [1.807, 2.05) is 0 Å². The summed E-state index contributed by atoms with van der Waals surface area (Å²) in [6.45, 7) is 2.44. The van der Waals surface area contributed by atoms with E-state index in [9.17, 15) is 4.79 Å². The predicted octanol–water partition coefficient (Wildman–Crippen LogP) is 1.90. The van der Waals surface area contributed by atoms with E-state index in [1.165, 1.54) is 0 Å². The molecule has 2 aliphatic heterocycles. The molecule has 0 saturated carbocycles. The Bertz CT molecular complexity index is 523. The number of pyridine rings is 1. The van der Waals surface area contributed by atoms with Gasteiger partial charge in [-0.2, -0.15) is 0 Å². The lowest BCUT2D eigenvalue weighted by Gasteiger charge is -2.37. The first-order valence-electron chi connectivity index (χ1n) is 7.61. The Balaban J connectivity index is 1.60. The lowest BCUT2D eigenvalue weighted by molar-refractivity contribution is -0.127. The fourth-order valence-corrected chi connectivity index (χ4v) is 3.14. The fourth-order valence-electron chi connectivity index (χ4n) is 2.97. The number of piperidine rings is 1. The van der Waals surface area contributed by atoms with Crippen LogP contribution in [0.4, 0.5) is 5.69 Å². The minimum Gasteiger partial charge on any atom is -0.349 e. The quantitative estimate of drug-likeness (QED) is 0.857. The average Bonchev–Trinajstić information content (AvgIpc) is 3.04. The number of hydrogen-bond acceptors (Lipinski definition) is 5. The van der Waals surface area contributed by atoms with Gasteiger partial charge < -0.3 is 14.8 Å². The molecular weight excluding hydrogens is 306 g/mol. The summed E-state index contributed by atoms with van der Waals surface area (Å²) >= 11 is 5.96. The molecule has 1 unspecified atom stereocenters. The van der Waals surface area contributed by atoms with Crippen molar-refractivity contribution < 1.29 is 14.3 Å². The zero-order valence-electron chi connectivity index (χ0n) is 12.3. The highest BCUT2D eigenvalue weighted by molar-refractivity contribution is 6.32. The van der Waals surface area contributed by atoms with E-state index in [1.54, 1.807) is 18.3 Å². The predicted molar refractivity (Wildman–Crippen MR) is 82.8 cm³/mol. The molecule has 120 valence electrons. The number of hydrogen-bond donors (Lipinski definition) is 1. The second-order valence-electron chi connectivity index (χ2n) is 5.53. The van der Waals surface area contributed by atoms with Gasteiger partial charge in [-0.15, -0.1) is 0 Å². The first-order chi connectivity index (χ1) is 10.7. The smallest absolute Gasteiger partial charge is 0.238 e. The number of aromatic nitrogens is 1. The summed E-state index contributed by atoms with van der Waals surface area (Å²) < 4.78 is 11.2. The molecule has 1 amide bonds. The van der Waals surface area contributed by atoms with Gasteiger partial charge in [0.15, 0.2) is 11.4 Å². The summed E-state index contributed by atoms with van der Waals surface area (Å²) in [6, 6.07) is 3.63. The highest BCUT2D eigenvalue weighted by atomic mass is 35.5. The largest absolute Gasteiger partial charge is 0.349 e. The number of likely N-dealkylation sites (tertiary alicyclic amines) is 1. The molecule has 22 heavy (non-hydrogen) atoms. The van der Waals surface area contributed by atoms with Crippen LogP contribution >= 0.6 is 11.6 Å². The summed E-state index contributed by atoms with van der Waals surface area (Å²) in [4.78, 5) is 18.4. The number of carbonyl (C=O) groups is 1. The molecule has 1 N–H and O–H groups in total. The minimum atomic E-state index is -0.213. The number of carbonyl (C=O) groups excluding carboxylic acids is 1. The second kappa shape index (κ2) is 7.37. The molecule has 1 aromatic heterocycles. The molecule has 3 rings (SSSR count). The van der Waals surface area contributed by atoms with Gasteiger partial charge in [0.05, 0.1) is 31.5 Å². The molecule has 2 aliphatic rings. The zero-order chi connectivity index (χ0) is 15.4. The van der Waals surface area contributed by atoms with Crippen LogP contribution in [0.2, 0.25) is 5.15 Å². The lowest BCUT2D eigenvalue weighted by atomic mass is 10.0. The van der Waals surface area contributed by atoms with Crippen molar-refractivity contribution in [1.82, 2.24) is 9.88 Å². The Morgan fingerprint density at radius 3 is 3.00 bits per heavy atom. The molecule has 0 bridgehead atoms.